The molecule has 0 amide bonds. The standard InChI is InChI=1S/C30H35F3N6O4S/c1-35-26-5-3-4-6-27(26)39(29(35)41)22-11-14-36(15-12-22)17-23(40)18-38-25-13-16-37(44(2,42)43)19-24(25)28(34-38)20-7-9-21(10-8-20)30(31,32)33/h3-10,22-23,40H,11-19H2,1-2H3. The van der Waals surface area contributed by atoms with Crippen molar-refractivity contribution in [2.75, 3.05) is 32.4 Å². The Morgan fingerprint density at radius 3 is 2.30 bits per heavy atom. The van der Waals surface area contributed by atoms with Crippen molar-refractivity contribution in [3.63, 3.8) is 0 Å². The Balaban J connectivity index is 1.18. The first-order chi connectivity index (χ1) is 20.8. The number of nitrogens with zero attached hydrogens (tertiary/aromatic N) is 6. The molecule has 1 saturated heterocycles. The molecule has 0 radical (unpaired) electrons. The van der Waals surface area contributed by atoms with Crippen LogP contribution in [0, 0.1) is 0 Å². The van der Waals surface area contributed by atoms with Gasteiger partial charge in [0.2, 0.25) is 10.0 Å². The highest BCUT2D eigenvalue weighted by atomic mass is 32.2. The summed E-state index contributed by atoms with van der Waals surface area (Å²) in [4.78, 5) is 15.1. The fourth-order valence-corrected chi connectivity index (χ4v) is 7.32. The number of hydrogen-bond donors (Lipinski definition) is 1. The number of imidazole rings is 1. The lowest BCUT2D eigenvalue weighted by Crippen LogP contribution is -2.42. The fourth-order valence-electron chi connectivity index (χ4n) is 6.54. The maximum atomic E-state index is 13.2. The molecule has 1 atom stereocenters. The molecule has 4 aromatic rings. The van der Waals surface area contributed by atoms with E-state index >= 15 is 0 Å². The quantitative estimate of drug-likeness (QED) is 0.336. The average molecular weight is 633 g/mol. The molecule has 0 spiro atoms. The highest BCUT2D eigenvalue weighted by molar-refractivity contribution is 7.88. The summed E-state index contributed by atoms with van der Waals surface area (Å²) in [5.41, 5.74) is 3.26. The van der Waals surface area contributed by atoms with Crippen LogP contribution < -0.4 is 5.69 Å². The van der Waals surface area contributed by atoms with Crippen LogP contribution in [0.1, 0.15) is 35.7 Å². The molecule has 2 aromatic carbocycles. The highest BCUT2D eigenvalue weighted by Crippen LogP contribution is 2.34. The van der Waals surface area contributed by atoms with Crippen LogP contribution >= 0.6 is 0 Å². The molecule has 44 heavy (non-hydrogen) atoms. The predicted octanol–water partition coefficient (Wildman–Crippen LogP) is 3.24. The van der Waals surface area contributed by atoms with Gasteiger partial charge in [0.1, 0.15) is 0 Å². The van der Waals surface area contributed by atoms with Crippen LogP contribution in [-0.4, -0.2) is 80.2 Å². The lowest BCUT2D eigenvalue weighted by molar-refractivity contribution is -0.137. The molecule has 14 heteroatoms. The second-order valence-electron chi connectivity index (χ2n) is 11.8. The number of fused-ring (bicyclic) bond motifs is 2. The van der Waals surface area contributed by atoms with E-state index < -0.39 is 27.9 Å². The van der Waals surface area contributed by atoms with E-state index in [4.69, 9.17) is 5.10 Å². The van der Waals surface area contributed by atoms with Gasteiger partial charge in [-0.15, -0.1) is 0 Å². The van der Waals surface area contributed by atoms with Crippen LogP contribution in [0.3, 0.4) is 0 Å². The first-order valence-electron chi connectivity index (χ1n) is 14.6. The van der Waals surface area contributed by atoms with Gasteiger partial charge in [-0.05, 0) is 37.1 Å². The zero-order chi connectivity index (χ0) is 31.4. The summed E-state index contributed by atoms with van der Waals surface area (Å²) in [5, 5.41) is 15.8. The molecule has 2 aromatic heterocycles. The van der Waals surface area contributed by atoms with Crippen molar-refractivity contribution in [2.45, 2.75) is 50.7 Å². The van der Waals surface area contributed by atoms with Crippen LogP contribution in [0.2, 0.25) is 0 Å². The molecule has 2 aliphatic heterocycles. The van der Waals surface area contributed by atoms with Gasteiger partial charge in [-0.25, -0.2) is 13.2 Å². The maximum Gasteiger partial charge on any atom is 0.416 e. The molecule has 2 aliphatic rings. The van der Waals surface area contributed by atoms with Crippen molar-refractivity contribution in [2.24, 2.45) is 7.05 Å². The number of aryl methyl sites for hydroxylation is 1. The summed E-state index contributed by atoms with van der Waals surface area (Å²) in [6.07, 6.45) is -2.25. The third-order valence-electron chi connectivity index (χ3n) is 8.82. The molecule has 4 heterocycles. The van der Waals surface area contributed by atoms with E-state index in [2.05, 4.69) is 4.90 Å². The van der Waals surface area contributed by atoms with Crippen molar-refractivity contribution in [1.82, 2.24) is 28.1 Å². The Labute approximate surface area is 253 Å². The molecule has 236 valence electrons. The smallest absolute Gasteiger partial charge is 0.390 e. The van der Waals surface area contributed by atoms with Gasteiger partial charge in [0.05, 0.1) is 41.2 Å². The summed E-state index contributed by atoms with van der Waals surface area (Å²) >= 11 is 0. The van der Waals surface area contributed by atoms with Crippen LogP contribution in [0.5, 0.6) is 0 Å². The van der Waals surface area contributed by atoms with Crippen LogP contribution in [0.4, 0.5) is 13.2 Å². The zero-order valence-electron chi connectivity index (χ0n) is 24.5. The summed E-state index contributed by atoms with van der Waals surface area (Å²) in [6, 6.07) is 12.5. The molecular weight excluding hydrogens is 597 g/mol. The minimum absolute atomic E-state index is 0.0357. The van der Waals surface area contributed by atoms with E-state index in [1.807, 2.05) is 28.8 Å². The number of aliphatic hydroxyl groups excluding tert-OH is 1. The Bertz CT molecular complexity index is 1840. The molecule has 1 N–H and O–H groups in total. The number of para-hydroxylation sites is 2. The van der Waals surface area contributed by atoms with Crippen LogP contribution in [0.15, 0.2) is 53.3 Å². The number of hydrogen-bond acceptors (Lipinski definition) is 6. The number of aliphatic hydroxyl groups is 1. The van der Waals surface area contributed by atoms with Crippen LogP contribution in [0.25, 0.3) is 22.3 Å². The Morgan fingerprint density at radius 2 is 1.66 bits per heavy atom. The van der Waals surface area contributed by atoms with Crippen LogP contribution in [-0.2, 0) is 42.8 Å². The first-order valence-corrected chi connectivity index (χ1v) is 16.4. The fraction of sp³-hybridized carbons (Fsp3) is 0.467. The predicted molar refractivity (Wildman–Crippen MR) is 160 cm³/mol. The van der Waals surface area contributed by atoms with Crippen molar-refractivity contribution in [3.05, 3.63) is 75.8 Å². The van der Waals surface area contributed by atoms with Gasteiger partial charge in [0.15, 0.2) is 0 Å². The SMILES string of the molecule is Cn1c(=O)n(C2CCN(CC(O)Cn3nc(-c4ccc(C(F)(F)F)cc4)c4c3CCN(S(C)(=O)=O)C4)CC2)c2ccccc21. The topological polar surface area (TPSA) is 106 Å². The molecular formula is C30H35F3N6O4S. The van der Waals surface area contributed by atoms with Crippen molar-refractivity contribution < 1.29 is 26.7 Å². The van der Waals surface area contributed by atoms with Gasteiger partial charge in [-0.1, -0.05) is 24.3 Å². The Morgan fingerprint density at radius 1 is 1.00 bits per heavy atom. The second-order valence-corrected chi connectivity index (χ2v) is 13.7. The molecule has 0 aliphatic carbocycles. The molecule has 0 bridgehead atoms. The van der Waals surface area contributed by atoms with Crippen molar-refractivity contribution in [3.8, 4) is 11.3 Å². The van der Waals surface area contributed by atoms with E-state index in [0.717, 1.165) is 48.0 Å². The zero-order valence-corrected chi connectivity index (χ0v) is 25.4. The number of piperidine rings is 1. The summed E-state index contributed by atoms with van der Waals surface area (Å²) in [5.74, 6) is 0. The van der Waals surface area contributed by atoms with E-state index in [0.29, 0.717) is 42.9 Å². The third-order valence-corrected chi connectivity index (χ3v) is 10.1. The van der Waals surface area contributed by atoms with Crippen molar-refractivity contribution >= 4 is 21.1 Å². The Hall–Kier alpha value is -3.46. The van der Waals surface area contributed by atoms with Gasteiger partial charge in [0.25, 0.3) is 0 Å². The number of halogens is 3. The molecule has 0 saturated carbocycles. The number of rotatable bonds is 7. The maximum absolute atomic E-state index is 13.2. The number of likely N-dealkylation sites (tertiary alicyclic amines) is 1. The van der Waals surface area contributed by atoms with Gasteiger partial charge >= 0.3 is 11.9 Å². The average Bonchev–Trinajstić information content (AvgIpc) is 3.46. The number of sulfonamides is 1. The largest absolute Gasteiger partial charge is 0.416 e. The minimum Gasteiger partial charge on any atom is -0.390 e. The normalized spacial score (nSPS) is 18.1. The molecule has 1 fully saturated rings. The summed E-state index contributed by atoms with van der Waals surface area (Å²) in [6.45, 7) is 2.26. The van der Waals surface area contributed by atoms with Gasteiger partial charge in [0, 0.05) is 69.1 Å². The van der Waals surface area contributed by atoms with Gasteiger partial charge < -0.3 is 10.0 Å². The van der Waals surface area contributed by atoms with E-state index in [1.165, 1.54) is 16.4 Å². The number of β-amino-alcohol motifs (C(OH)–C–C–N with tert-alkyl or cyclic N) is 1. The minimum atomic E-state index is -4.48. The lowest BCUT2D eigenvalue weighted by atomic mass is 10.0. The molecule has 1 unspecified atom stereocenters. The Kier molecular flexibility index (Phi) is 7.97. The second kappa shape index (κ2) is 11.5. The van der Waals surface area contributed by atoms with E-state index in [1.54, 1.807) is 16.3 Å². The third kappa shape index (κ3) is 5.83. The van der Waals surface area contributed by atoms with Crippen molar-refractivity contribution in [1.29, 1.82) is 0 Å². The van der Waals surface area contributed by atoms with Gasteiger partial charge in [-0.3, -0.25) is 13.8 Å². The van der Waals surface area contributed by atoms with Gasteiger partial charge in [-0.2, -0.15) is 22.6 Å². The van der Waals surface area contributed by atoms with E-state index in [9.17, 15) is 31.5 Å². The van der Waals surface area contributed by atoms with E-state index in [-0.39, 0.29) is 31.4 Å². The molecule has 6 rings (SSSR count). The lowest BCUT2D eigenvalue weighted by Gasteiger charge is -2.33. The summed E-state index contributed by atoms with van der Waals surface area (Å²) < 4.78 is 70.7. The monoisotopic (exact) mass is 632 g/mol. The molecule has 10 nitrogen and oxygen atoms in total. The number of benzene rings is 2. The summed E-state index contributed by atoms with van der Waals surface area (Å²) in [7, 11) is -1.72. The highest BCUT2D eigenvalue weighted by Gasteiger charge is 2.33. The number of aromatic nitrogens is 4. The number of alkyl halides is 3. The first kappa shape index (κ1) is 30.6.